The SMILES string of the molecule is CC(N1CCC(c2cccc(OCc3cc(Cl)ccc3F)n2)CC1)N1CN(C[C@@H]2CCO2)c2cc(C(=O)O)ccc21. The summed E-state index contributed by atoms with van der Waals surface area (Å²) < 4.78 is 25.6. The summed E-state index contributed by atoms with van der Waals surface area (Å²) in [5.74, 6) is -0.487. The normalized spacial score (nSPS) is 20.0. The molecule has 0 bridgehead atoms. The van der Waals surface area contributed by atoms with Gasteiger partial charge in [-0.15, -0.1) is 0 Å². The zero-order chi connectivity index (χ0) is 28.5. The average Bonchev–Trinajstić information content (AvgIpc) is 3.33. The highest BCUT2D eigenvalue weighted by atomic mass is 35.5. The molecule has 10 heteroatoms. The van der Waals surface area contributed by atoms with Crippen LogP contribution in [0.25, 0.3) is 0 Å². The molecule has 0 aliphatic carbocycles. The average molecular weight is 581 g/mol. The third-order valence-corrected chi connectivity index (χ3v) is 8.70. The molecule has 3 aromatic rings. The molecule has 0 amide bonds. The van der Waals surface area contributed by atoms with Gasteiger partial charge in [0.05, 0.1) is 35.9 Å². The number of likely N-dealkylation sites (tertiary alicyclic amines) is 1. The molecule has 2 saturated heterocycles. The van der Waals surface area contributed by atoms with Crippen molar-refractivity contribution >= 4 is 28.9 Å². The Kier molecular flexibility index (Phi) is 8.01. The van der Waals surface area contributed by atoms with Gasteiger partial charge >= 0.3 is 5.97 Å². The Labute approximate surface area is 244 Å². The van der Waals surface area contributed by atoms with Crippen LogP contribution in [0.2, 0.25) is 5.02 Å². The van der Waals surface area contributed by atoms with Gasteiger partial charge in [0.2, 0.25) is 5.88 Å². The molecule has 0 radical (unpaired) electrons. The predicted molar refractivity (Wildman–Crippen MR) is 155 cm³/mol. The van der Waals surface area contributed by atoms with Crippen molar-refractivity contribution in [3.05, 3.63) is 82.3 Å². The molecule has 2 fully saturated rings. The number of fused-ring (bicyclic) bond motifs is 1. The first kappa shape index (κ1) is 27.8. The lowest BCUT2D eigenvalue weighted by Crippen LogP contribution is -2.51. The number of benzene rings is 2. The van der Waals surface area contributed by atoms with Crippen molar-refractivity contribution in [1.29, 1.82) is 0 Å². The molecule has 6 rings (SSSR count). The van der Waals surface area contributed by atoms with Gasteiger partial charge in [-0.25, -0.2) is 14.2 Å². The standard InChI is InChI=1S/C31H34ClFN4O4/c1-20(37-19-36(17-25-11-14-40-25)29-16-22(31(38)39)5-8-28(29)37)35-12-9-21(10-13-35)27-3-2-4-30(34-27)41-18-23-15-24(32)6-7-26(23)33/h2-8,15-16,20-21,25H,9-14,17-19H2,1H3,(H,38,39)/t20?,25-/m0/s1. The smallest absolute Gasteiger partial charge is 0.335 e. The van der Waals surface area contributed by atoms with Crippen molar-refractivity contribution in [3.8, 4) is 5.88 Å². The molecule has 0 spiro atoms. The molecule has 2 aromatic carbocycles. The lowest BCUT2D eigenvalue weighted by molar-refractivity contribution is -0.0444. The molecule has 41 heavy (non-hydrogen) atoms. The lowest BCUT2D eigenvalue weighted by atomic mass is 9.92. The van der Waals surface area contributed by atoms with E-state index < -0.39 is 5.97 Å². The van der Waals surface area contributed by atoms with Crippen molar-refractivity contribution < 1.29 is 23.8 Å². The van der Waals surface area contributed by atoms with E-state index in [2.05, 4.69) is 21.6 Å². The Bertz CT molecular complexity index is 1410. The van der Waals surface area contributed by atoms with Gasteiger partial charge in [-0.1, -0.05) is 17.7 Å². The van der Waals surface area contributed by atoms with Crippen LogP contribution in [0.15, 0.2) is 54.6 Å². The van der Waals surface area contributed by atoms with Crippen LogP contribution in [0.5, 0.6) is 5.88 Å². The number of ether oxygens (including phenoxy) is 2. The summed E-state index contributed by atoms with van der Waals surface area (Å²) in [6, 6.07) is 15.6. The number of aromatic carboxylic acids is 1. The van der Waals surface area contributed by atoms with E-state index >= 15 is 0 Å². The van der Waals surface area contributed by atoms with Crippen molar-refractivity contribution in [2.24, 2.45) is 0 Å². The molecule has 216 valence electrons. The van der Waals surface area contributed by atoms with E-state index in [1.165, 1.54) is 12.1 Å². The van der Waals surface area contributed by atoms with Crippen LogP contribution < -0.4 is 14.5 Å². The number of carboxylic acids is 1. The summed E-state index contributed by atoms with van der Waals surface area (Å²) in [5, 5.41) is 10.0. The van der Waals surface area contributed by atoms with E-state index in [0.29, 0.717) is 34.6 Å². The van der Waals surface area contributed by atoms with Crippen LogP contribution in [0.3, 0.4) is 0 Å². The van der Waals surface area contributed by atoms with Crippen LogP contribution >= 0.6 is 11.6 Å². The number of rotatable bonds is 9. The number of hydrogen-bond donors (Lipinski definition) is 1. The van der Waals surface area contributed by atoms with Crippen molar-refractivity contribution in [2.75, 3.05) is 42.7 Å². The number of carbonyl (C=O) groups is 1. The fourth-order valence-corrected chi connectivity index (χ4v) is 6.14. The van der Waals surface area contributed by atoms with E-state index in [-0.39, 0.29) is 24.7 Å². The van der Waals surface area contributed by atoms with Gasteiger partial charge in [0.1, 0.15) is 12.4 Å². The predicted octanol–water partition coefficient (Wildman–Crippen LogP) is 5.75. The number of piperidine rings is 1. The van der Waals surface area contributed by atoms with Crippen molar-refractivity contribution in [1.82, 2.24) is 9.88 Å². The molecule has 3 aliphatic heterocycles. The second kappa shape index (κ2) is 11.8. The number of pyridine rings is 1. The minimum Gasteiger partial charge on any atom is -0.478 e. The first-order valence-corrected chi connectivity index (χ1v) is 14.5. The van der Waals surface area contributed by atoms with Gasteiger partial charge < -0.3 is 24.4 Å². The number of aromatic nitrogens is 1. The quantitative estimate of drug-likeness (QED) is 0.343. The number of halogens is 2. The highest BCUT2D eigenvalue weighted by Gasteiger charge is 2.36. The summed E-state index contributed by atoms with van der Waals surface area (Å²) >= 11 is 6.01. The third kappa shape index (κ3) is 5.98. The number of hydrogen-bond acceptors (Lipinski definition) is 7. The van der Waals surface area contributed by atoms with E-state index in [1.54, 1.807) is 24.3 Å². The Morgan fingerprint density at radius 1 is 1.15 bits per heavy atom. The minimum absolute atomic E-state index is 0.0635. The van der Waals surface area contributed by atoms with Crippen LogP contribution in [-0.2, 0) is 11.3 Å². The van der Waals surface area contributed by atoms with E-state index in [1.807, 2.05) is 18.2 Å². The second-order valence-corrected chi connectivity index (χ2v) is 11.4. The zero-order valence-corrected chi connectivity index (χ0v) is 23.8. The Morgan fingerprint density at radius 3 is 2.68 bits per heavy atom. The van der Waals surface area contributed by atoms with Gasteiger partial charge in [0.25, 0.3) is 0 Å². The molecule has 1 N–H and O–H groups in total. The van der Waals surface area contributed by atoms with Gasteiger partial charge in [-0.2, -0.15) is 0 Å². The monoisotopic (exact) mass is 580 g/mol. The van der Waals surface area contributed by atoms with Gasteiger partial charge in [-0.05, 0) is 68.7 Å². The van der Waals surface area contributed by atoms with Crippen molar-refractivity contribution in [3.63, 3.8) is 0 Å². The first-order chi connectivity index (χ1) is 19.9. The number of carboxylic acid groups (broad SMARTS) is 1. The molecule has 0 saturated carbocycles. The summed E-state index contributed by atoms with van der Waals surface area (Å²) in [6.07, 6.45) is 3.29. The van der Waals surface area contributed by atoms with E-state index in [0.717, 1.165) is 62.6 Å². The van der Waals surface area contributed by atoms with Crippen LogP contribution in [0.1, 0.15) is 53.7 Å². The van der Waals surface area contributed by atoms with Gasteiger partial charge in [0.15, 0.2) is 0 Å². The first-order valence-electron chi connectivity index (χ1n) is 14.1. The zero-order valence-electron chi connectivity index (χ0n) is 23.0. The maximum Gasteiger partial charge on any atom is 0.335 e. The Hall–Kier alpha value is -3.40. The fourth-order valence-electron chi connectivity index (χ4n) is 5.95. The lowest BCUT2D eigenvalue weighted by Gasteiger charge is -2.41. The molecule has 1 aromatic heterocycles. The summed E-state index contributed by atoms with van der Waals surface area (Å²) in [7, 11) is 0. The molecule has 4 heterocycles. The second-order valence-electron chi connectivity index (χ2n) is 11.0. The summed E-state index contributed by atoms with van der Waals surface area (Å²) in [6.45, 7) is 6.37. The van der Waals surface area contributed by atoms with E-state index in [9.17, 15) is 14.3 Å². The number of nitrogens with zero attached hydrogens (tertiary/aromatic N) is 4. The molecule has 8 nitrogen and oxygen atoms in total. The maximum atomic E-state index is 14.1. The molecule has 2 atom stereocenters. The van der Waals surface area contributed by atoms with Crippen LogP contribution in [0.4, 0.5) is 15.8 Å². The fraction of sp³-hybridized carbons (Fsp3) is 0.419. The Morgan fingerprint density at radius 2 is 1.95 bits per heavy atom. The minimum atomic E-state index is -0.916. The van der Waals surface area contributed by atoms with Gasteiger partial charge in [0, 0.05) is 54.5 Å². The molecular formula is C31H34ClFN4O4. The van der Waals surface area contributed by atoms with Gasteiger partial charge in [-0.3, -0.25) is 4.90 Å². The molecular weight excluding hydrogens is 547 g/mol. The van der Waals surface area contributed by atoms with Crippen LogP contribution in [0, 0.1) is 5.82 Å². The Balaban J connectivity index is 1.09. The highest BCUT2D eigenvalue weighted by Crippen LogP contribution is 2.40. The largest absolute Gasteiger partial charge is 0.478 e. The number of anilines is 2. The van der Waals surface area contributed by atoms with E-state index in [4.69, 9.17) is 26.1 Å². The molecule has 3 aliphatic rings. The summed E-state index contributed by atoms with van der Waals surface area (Å²) in [5.41, 5.74) is 3.71. The molecule has 1 unspecified atom stereocenters. The third-order valence-electron chi connectivity index (χ3n) is 8.47. The highest BCUT2D eigenvalue weighted by molar-refractivity contribution is 6.30. The topological polar surface area (TPSA) is 78.4 Å². The maximum absolute atomic E-state index is 14.1. The van der Waals surface area contributed by atoms with Crippen molar-refractivity contribution in [2.45, 2.75) is 51.0 Å². The summed E-state index contributed by atoms with van der Waals surface area (Å²) in [4.78, 5) is 23.5. The van der Waals surface area contributed by atoms with Crippen LogP contribution in [-0.4, -0.2) is 66.1 Å².